The molecule has 0 fully saturated rings. The zero-order valence-corrected chi connectivity index (χ0v) is 7.92. The Hall–Kier alpha value is -0.960. The van der Waals surface area contributed by atoms with E-state index >= 15 is 0 Å². The normalized spacial score (nSPS) is 11.0. The van der Waals surface area contributed by atoms with Crippen molar-refractivity contribution in [1.29, 1.82) is 0 Å². The minimum Gasteiger partial charge on any atom is -0.205 e. The van der Waals surface area contributed by atoms with Crippen molar-refractivity contribution in [1.82, 2.24) is 0 Å². The smallest absolute Gasteiger partial charge is 0.144 e. The molecule has 0 saturated heterocycles. The van der Waals surface area contributed by atoms with Crippen LogP contribution in [0.25, 0.3) is 10.1 Å². The van der Waals surface area contributed by atoms with Crippen molar-refractivity contribution in [2.24, 2.45) is 0 Å². The van der Waals surface area contributed by atoms with Crippen molar-refractivity contribution in [3.63, 3.8) is 0 Å². The summed E-state index contributed by atoms with van der Waals surface area (Å²) in [6.45, 7) is 1.88. The average Bonchev–Trinajstić information content (AvgIpc) is 2.50. The molecule has 0 nitrogen and oxygen atoms in total. The summed E-state index contributed by atoms with van der Waals surface area (Å²) in [4.78, 5) is 0. The molecule has 3 heteroatoms. The summed E-state index contributed by atoms with van der Waals surface area (Å²) in [6, 6.07) is 3.29. The summed E-state index contributed by atoms with van der Waals surface area (Å²) >= 11 is 1.12. The maximum atomic E-state index is 13.5. The standard InChI is InChI=1S/C10H8F2S/c1-2-6-3-4-7-8(11)5-13-10(7)9(6)12/h3-5H,2H2,1H3. The van der Waals surface area contributed by atoms with Crippen molar-refractivity contribution in [3.05, 3.63) is 34.7 Å². The van der Waals surface area contributed by atoms with Gasteiger partial charge in [0.15, 0.2) is 0 Å². The first-order valence-corrected chi connectivity index (χ1v) is 4.96. The van der Waals surface area contributed by atoms with Crippen LogP contribution in [0.2, 0.25) is 0 Å². The zero-order chi connectivity index (χ0) is 9.42. The lowest BCUT2D eigenvalue weighted by Crippen LogP contribution is -1.86. The first kappa shape index (κ1) is 8.63. The molecule has 2 rings (SSSR count). The predicted molar refractivity (Wildman–Crippen MR) is 51.1 cm³/mol. The van der Waals surface area contributed by atoms with Gasteiger partial charge in [0.05, 0.1) is 4.70 Å². The molecular formula is C10H8F2S. The van der Waals surface area contributed by atoms with Gasteiger partial charge < -0.3 is 0 Å². The molecule has 0 unspecified atom stereocenters. The van der Waals surface area contributed by atoms with E-state index in [-0.39, 0.29) is 11.6 Å². The molecule has 13 heavy (non-hydrogen) atoms. The first-order valence-electron chi connectivity index (χ1n) is 4.08. The van der Waals surface area contributed by atoms with Crippen LogP contribution in [0.3, 0.4) is 0 Å². The number of benzene rings is 1. The summed E-state index contributed by atoms with van der Waals surface area (Å²) in [6.07, 6.45) is 0.640. The van der Waals surface area contributed by atoms with E-state index < -0.39 is 0 Å². The molecular weight excluding hydrogens is 190 g/mol. The van der Waals surface area contributed by atoms with E-state index in [9.17, 15) is 8.78 Å². The van der Waals surface area contributed by atoms with Gasteiger partial charge in [-0.25, -0.2) is 8.78 Å². The highest BCUT2D eigenvalue weighted by Gasteiger charge is 2.10. The van der Waals surface area contributed by atoms with Gasteiger partial charge in [0.25, 0.3) is 0 Å². The summed E-state index contributed by atoms with van der Waals surface area (Å²) in [5.74, 6) is -0.601. The molecule has 1 aromatic heterocycles. The topological polar surface area (TPSA) is 0 Å². The maximum absolute atomic E-state index is 13.5. The molecule has 68 valence electrons. The summed E-state index contributed by atoms with van der Waals surface area (Å²) < 4.78 is 27.0. The van der Waals surface area contributed by atoms with E-state index in [2.05, 4.69) is 0 Å². The molecule has 0 radical (unpaired) electrons. The third-order valence-corrected chi connectivity index (χ3v) is 3.06. The van der Waals surface area contributed by atoms with Crippen molar-refractivity contribution >= 4 is 21.4 Å². The number of hydrogen-bond acceptors (Lipinski definition) is 1. The minimum absolute atomic E-state index is 0.270. The largest absolute Gasteiger partial charge is 0.205 e. The summed E-state index contributed by atoms with van der Waals surface area (Å²) in [5, 5.41) is 1.73. The van der Waals surface area contributed by atoms with Gasteiger partial charge in [-0.3, -0.25) is 0 Å². The Morgan fingerprint density at radius 3 is 2.77 bits per heavy atom. The van der Waals surface area contributed by atoms with E-state index in [0.29, 0.717) is 22.1 Å². The fourth-order valence-corrected chi connectivity index (χ4v) is 2.22. The van der Waals surface area contributed by atoms with Crippen LogP contribution in [0.5, 0.6) is 0 Å². The molecule has 0 saturated carbocycles. The lowest BCUT2D eigenvalue weighted by molar-refractivity contribution is 0.623. The van der Waals surface area contributed by atoms with Gasteiger partial charge in [-0.15, -0.1) is 11.3 Å². The third kappa shape index (κ3) is 1.23. The van der Waals surface area contributed by atoms with Crippen molar-refractivity contribution in [2.45, 2.75) is 13.3 Å². The first-order chi connectivity index (χ1) is 6.24. The summed E-state index contributed by atoms with van der Waals surface area (Å²) in [7, 11) is 0. The predicted octanol–water partition coefficient (Wildman–Crippen LogP) is 3.74. The van der Waals surface area contributed by atoms with Gasteiger partial charge in [0, 0.05) is 10.8 Å². The molecule has 0 N–H and O–H groups in total. The van der Waals surface area contributed by atoms with Crippen molar-refractivity contribution in [2.75, 3.05) is 0 Å². The van der Waals surface area contributed by atoms with Gasteiger partial charge >= 0.3 is 0 Å². The molecule has 0 spiro atoms. The van der Waals surface area contributed by atoms with Crippen LogP contribution in [0.4, 0.5) is 8.78 Å². The molecule has 0 aliphatic carbocycles. The average molecular weight is 198 g/mol. The Morgan fingerprint density at radius 2 is 2.08 bits per heavy atom. The van der Waals surface area contributed by atoms with Crippen molar-refractivity contribution < 1.29 is 8.78 Å². The van der Waals surface area contributed by atoms with Crippen LogP contribution >= 0.6 is 11.3 Å². The molecule has 2 aromatic rings. The van der Waals surface area contributed by atoms with E-state index in [1.165, 1.54) is 5.38 Å². The van der Waals surface area contributed by atoms with Crippen LogP contribution < -0.4 is 0 Å². The number of fused-ring (bicyclic) bond motifs is 1. The quantitative estimate of drug-likeness (QED) is 0.654. The number of thiophene rings is 1. The fourth-order valence-electron chi connectivity index (χ4n) is 1.35. The van der Waals surface area contributed by atoms with E-state index in [1.807, 2.05) is 6.92 Å². The fraction of sp³-hybridized carbons (Fsp3) is 0.200. The number of aryl methyl sites for hydroxylation is 1. The highest BCUT2D eigenvalue weighted by molar-refractivity contribution is 7.17. The van der Waals surface area contributed by atoms with Crippen LogP contribution in [-0.2, 0) is 6.42 Å². The van der Waals surface area contributed by atoms with Crippen LogP contribution in [0.15, 0.2) is 17.5 Å². The Labute approximate surface area is 78.8 Å². The van der Waals surface area contributed by atoms with Gasteiger partial charge in [0.1, 0.15) is 11.6 Å². The van der Waals surface area contributed by atoms with Crippen LogP contribution in [-0.4, -0.2) is 0 Å². The lowest BCUT2D eigenvalue weighted by atomic mass is 10.1. The van der Waals surface area contributed by atoms with Gasteiger partial charge in [0.2, 0.25) is 0 Å². The van der Waals surface area contributed by atoms with Crippen molar-refractivity contribution in [3.8, 4) is 0 Å². The second-order valence-electron chi connectivity index (χ2n) is 2.85. The Bertz CT molecular complexity index is 445. The van der Waals surface area contributed by atoms with Gasteiger partial charge in [-0.05, 0) is 12.0 Å². The second kappa shape index (κ2) is 3.07. The Kier molecular flexibility index (Phi) is 2.04. The highest BCUT2D eigenvalue weighted by Crippen LogP contribution is 2.29. The third-order valence-electron chi connectivity index (χ3n) is 2.10. The SMILES string of the molecule is CCc1ccc2c(F)csc2c1F. The molecule has 0 aliphatic heterocycles. The number of hydrogen-bond donors (Lipinski definition) is 0. The summed E-state index contributed by atoms with van der Waals surface area (Å²) in [5.41, 5.74) is 0.648. The number of rotatable bonds is 1. The molecule has 0 bridgehead atoms. The highest BCUT2D eigenvalue weighted by atomic mass is 32.1. The second-order valence-corrected chi connectivity index (χ2v) is 3.73. The maximum Gasteiger partial charge on any atom is 0.144 e. The zero-order valence-electron chi connectivity index (χ0n) is 7.10. The molecule has 0 amide bonds. The molecule has 0 atom stereocenters. The number of halogens is 2. The van der Waals surface area contributed by atoms with Gasteiger partial charge in [-0.2, -0.15) is 0 Å². The van der Waals surface area contributed by atoms with E-state index in [4.69, 9.17) is 0 Å². The minimum atomic E-state index is -0.332. The molecule has 0 aliphatic rings. The molecule has 1 aromatic carbocycles. The van der Waals surface area contributed by atoms with Crippen LogP contribution in [0.1, 0.15) is 12.5 Å². The molecule has 1 heterocycles. The monoisotopic (exact) mass is 198 g/mol. The lowest BCUT2D eigenvalue weighted by Gasteiger charge is -1.99. The van der Waals surface area contributed by atoms with Gasteiger partial charge in [-0.1, -0.05) is 19.1 Å². The van der Waals surface area contributed by atoms with E-state index in [1.54, 1.807) is 12.1 Å². The Balaban J connectivity index is 2.80. The van der Waals surface area contributed by atoms with E-state index in [0.717, 1.165) is 11.3 Å². The van der Waals surface area contributed by atoms with Crippen LogP contribution in [0, 0.1) is 11.6 Å². The Morgan fingerprint density at radius 1 is 1.31 bits per heavy atom.